The highest BCUT2D eigenvalue weighted by Crippen LogP contribution is 2.05. The van der Waals surface area contributed by atoms with Gasteiger partial charge in [-0.05, 0) is 19.3 Å². The summed E-state index contributed by atoms with van der Waals surface area (Å²) in [6.45, 7) is 0.111. The summed E-state index contributed by atoms with van der Waals surface area (Å²) in [5.41, 5.74) is 27.0. The summed E-state index contributed by atoms with van der Waals surface area (Å²) in [4.78, 5) is 83.1. The maximum atomic E-state index is 13.1. The molecule has 15 N–H and O–H groups in total. The lowest BCUT2D eigenvalue weighted by atomic mass is 10.1. The molecule has 0 aromatic carbocycles. The minimum atomic E-state index is -1.57. The van der Waals surface area contributed by atoms with Crippen LogP contribution in [-0.4, -0.2) is 87.3 Å². The second-order valence-corrected chi connectivity index (χ2v) is 8.53. The molecular formula is C21H35N11O7. The van der Waals surface area contributed by atoms with Gasteiger partial charge in [0.1, 0.15) is 18.1 Å². The van der Waals surface area contributed by atoms with Gasteiger partial charge in [0, 0.05) is 31.3 Å². The maximum Gasteiger partial charge on any atom is 0.326 e. The number of carbonyl (C=O) groups is 6. The van der Waals surface area contributed by atoms with Gasteiger partial charge in [-0.3, -0.25) is 29.0 Å². The predicted octanol–water partition coefficient (Wildman–Crippen LogP) is -4.99. The second kappa shape index (κ2) is 16.2. The third-order valence-electron chi connectivity index (χ3n) is 5.25. The fourth-order valence-electron chi connectivity index (χ4n) is 3.25. The summed E-state index contributed by atoms with van der Waals surface area (Å²) < 4.78 is 0. The number of amides is 5. The van der Waals surface area contributed by atoms with Crippen LogP contribution in [0.15, 0.2) is 17.5 Å². The van der Waals surface area contributed by atoms with Crippen molar-refractivity contribution in [1.29, 1.82) is 0 Å². The summed E-state index contributed by atoms with van der Waals surface area (Å²) in [5.74, 6) is -5.85. The fourth-order valence-corrected chi connectivity index (χ4v) is 3.25. The van der Waals surface area contributed by atoms with Crippen molar-refractivity contribution in [2.75, 3.05) is 6.54 Å². The Morgan fingerprint density at radius 2 is 1.51 bits per heavy atom. The highest BCUT2D eigenvalue weighted by atomic mass is 16.4. The number of imidazole rings is 1. The lowest BCUT2D eigenvalue weighted by Crippen LogP contribution is -2.58. The molecule has 18 heteroatoms. The Balaban J connectivity index is 3.01. The number of rotatable bonds is 18. The predicted molar refractivity (Wildman–Crippen MR) is 136 cm³/mol. The van der Waals surface area contributed by atoms with Gasteiger partial charge in [-0.25, -0.2) is 9.78 Å². The van der Waals surface area contributed by atoms with E-state index in [-0.39, 0.29) is 44.6 Å². The molecule has 1 aromatic heterocycles. The third-order valence-corrected chi connectivity index (χ3v) is 5.25. The zero-order valence-electron chi connectivity index (χ0n) is 21.1. The average Bonchev–Trinajstić information content (AvgIpc) is 3.35. The monoisotopic (exact) mass is 553 g/mol. The molecular weight excluding hydrogens is 518 g/mol. The number of carboxylic acids is 1. The van der Waals surface area contributed by atoms with Crippen molar-refractivity contribution in [2.45, 2.75) is 62.7 Å². The van der Waals surface area contributed by atoms with Crippen LogP contribution in [0, 0.1) is 0 Å². The first-order valence-electron chi connectivity index (χ1n) is 11.8. The summed E-state index contributed by atoms with van der Waals surface area (Å²) in [6, 6.07) is -5.44. The number of H-pyrrole nitrogens is 1. The molecule has 0 aliphatic carbocycles. The SMILES string of the molecule is NC(=O)CCC(N)C(=O)NC(Cc1cnc[nH]1)C(=O)NC(CC(N)=O)C(=O)NC(CCCN=C(N)N)C(=O)O. The molecule has 0 saturated carbocycles. The molecule has 18 nitrogen and oxygen atoms in total. The number of hydrogen-bond donors (Lipinski definition) is 10. The average molecular weight is 554 g/mol. The van der Waals surface area contributed by atoms with Crippen molar-refractivity contribution in [2.24, 2.45) is 33.7 Å². The standard InChI is InChI=1S/C21H35N11O7/c22-11(3-4-15(23)33)17(35)31-13(6-10-8-27-9-29-10)18(36)32-14(7-16(24)34)19(37)30-12(20(38)39)2-1-5-28-21(25)26/h8-9,11-14H,1-7,22H2,(H2,23,33)(H2,24,34)(H,27,29)(H,30,37)(H,31,35)(H,32,36)(H,38,39)(H4,25,26,28). The summed E-state index contributed by atoms with van der Waals surface area (Å²) >= 11 is 0. The number of aliphatic carboxylic acids is 1. The molecule has 0 aliphatic rings. The van der Waals surface area contributed by atoms with E-state index in [0.29, 0.717) is 5.69 Å². The minimum absolute atomic E-state index is 0.0587. The van der Waals surface area contributed by atoms with Gasteiger partial charge in [-0.2, -0.15) is 0 Å². The van der Waals surface area contributed by atoms with Gasteiger partial charge in [-0.1, -0.05) is 0 Å². The van der Waals surface area contributed by atoms with Crippen LogP contribution in [0.25, 0.3) is 0 Å². The smallest absolute Gasteiger partial charge is 0.326 e. The quantitative estimate of drug-likeness (QED) is 0.0466. The summed E-state index contributed by atoms with van der Waals surface area (Å²) in [5, 5.41) is 16.5. The van der Waals surface area contributed by atoms with Crippen LogP contribution in [0.1, 0.15) is 37.8 Å². The minimum Gasteiger partial charge on any atom is -0.480 e. The number of hydrogen-bond acceptors (Lipinski definition) is 9. The molecule has 1 heterocycles. The fraction of sp³-hybridized carbons (Fsp3) is 0.524. The number of nitrogens with one attached hydrogen (secondary N) is 4. The van der Waals surface area contributed by atoms with E-state index >= 15 is 0 Å². The van der Waals surface area contributed by atoms with Crippen LogP contribution in [0.2, 0.25) is 0 Å². The van der Waals surface area contributed by atoms with Crippen molar-refractivity contribution in [3.8, 4) is 0 Å². The van der Waals surface area contributed by atoms with Crippen molar-refractivity contribution in [3.05, 3.63) is 18.2 Å². The lowest BCUT2D eigenvalue weighted by Gasteiger charge is -2.24. The number of carbonyl (C=O) groups excluding carboxylic acids is 5. The van der Waals surface area contributed by atoms with E-state index in [9.17, 15) is 33.9 Å². The van der Waals surface area contributed by atoms with Gasteiger partial charge in [0.15, 0.2) is 5.96 Å². The zero-order chi connectivity index (χ0) is 29.5. The van der Waals surface area contributed by atoms with Gasteiger partial charge in [0.25, 0.3) is 0 Å². The van der Waals surface area contributed by atoms with Crippen LogP contribution < -0.4 is 44.6 Å². The molecule has 39 heavy (non-hydrogen) atoms. The molecule has 4 unspecified atom stereocenters. The van der Waals surface area contributed by atoms with Crippen LogP contribution in [-0.2, 0) is 35.2 Å². The number of nitrogens with two attached hydrogens (primary N) is 5. The van der Waals surface area contributed by atoms with Crippen molar-refractivity contribution in [3.63, 3.8) is 0 Å². The molecule has 0 radical (unpaired) electrons. The number of nitrogens with zero attached hydrogens (tertiary/aromatic N) is 2. The Hall–Kier alpha value is -4.74. The molecule has 0 aliphatic heterocycles. The highest BCUT2D eigenvalue weighted by molar-refractivity contribution is 5.96. The van der Waals surface area contributed by atoms with Crippen LogP contribution >= 0.6 is 0 Å². The molecule has 0 spiro atoms. The largest absolute Gasteiger partial charge is 0.480 e. The Morgan fingerprint density at radius 3 is 2.05 bits per heavy atom. The normalized spacial score (nSPS) is 13.7. The van der Waals surface area contributed by atoms with E-state index in [2.05, 4.69) is 30.9 Å². The van der Waals surface area contributed by atoms with Gasteiger partial charge in [0.2, 0.25) is 29.5 Å². The Kier molecular flexibility index (Phi) is 13.4. The van der Waals surface area contributed by atoms with E-state index in [0.717, 1.165) is 0 Å². The van der Waals surface area contributed by atoms with E-state index < -0.39 is 66.1 Å². The number of aliphatic imine (C=N–C) groups is 1. The molecule has 5 amide bonds. The van der Waals surface area contributed by atoms with E-state index in [1.165, 1.54) is 12.5 Å². The molecule has 0 fully saturated rings. The highest BCUT2D eigenvalue weighted by Gasteiger charge is 2.31. The lowest BCUT2D eigenvalue weighted by molar-refractivity contribution is -0.142. The number of aromatic amines is 1. The van der Waals surface area contributed by atoms with E-state index in [1.54, 1.807) is 0 Å². The second-order valence-electron chi connectivity index (χ2n) is 8.53. The molecule has 1 aromatic rings. The van der Waals surface area contributed by atoms with Crippen molar-refractivity contribution in [1.82, 2.24) is 25.9 Å². The molecule has 1 rings (SSSR count). The number of guanidine groups is 1. The van der Waals surface area contributed by atoms with Gasteiger partial charge < -0.3 is 54.7 Å². The molecule has 4 atom stereocenters. The third kappa shape index (κ3) is 12.9. The Bertz CT molecular complexity index is 1040. The maximum absolute atomic E-state index is 13.1. The Morgan fingerprint density at radius 1 is 0.897 bits per heavy atom. The van der Waals surface area contributed by atoms with E-state index in [4.69, 9.17) is 28.7 Å². The molecule has 216 valence electrons. The van der Waals surface area contributed by atoms with Crippen molar-refractivity contribution >= 4 is 41.5 Å². The van der Waals surface area contributed by atoms with Gasteiger partial charge >= 0.3 is 5.97 Å². The first kappa shape index (κ1) is 32.3. The summed E-state index contributed by atoms with van der Waals surface area (Å²) in [6.07, 6.45) is 1.86. The van der Waals surface area contributed by atoms with Crippen LogP contribution in [0.5, 0.6) is 0 Å². The zero-order valence-corrected chi connectivity index (χ0v) is 21.1. The first-order valence-corrected chi connectivity index (χ1v) is 11.8. The van der Waals surface area contributed by atoms with Crippen LogP contribution in [0.4, 0.5) is 0 Å². The summed E-state index contributed by atoms with van der Waals surface area (Å²) in [7, 11) is 0. The molecule has 0 bridgehead atoms. The van der Waals surface area contributed by atoms with Gasteiger partial charge in [-0.15, -0.1) is 0 Å². The van der Waals surface area contributed by atoms with Crippen LogP contribution in [0.3, 0.4) is 0 Å². The topological polar surface area (TPSA) is 330 Å². The Labute approximate surface area is 222 Å². The number of primary amides is 2. The van der Waals surface area contributed by atoms with Crippen molar-refractivity contribution < 1.29 is 33.9 Å². The van der Waals surface area contributed by atoms with Gasteiger partial charge in [0.05, 0.1) is 18.8 Å². The van der Waals surface area contributed by atoms with E-state index in [1.807, 2.05) is 0 Å². The number of aromatic nitrogens is 2. The first-order chi connectivity index (χ1) is 18.3. The number of carboxylic acid groups (broad SMARTS) is 1. The molecule has 0 saturated heterocycles.